The highest BCUT2D eigenvalue weighted by Crippen LogP contribution is 2.34. The molecular formula is C20H23N3O3S2. The van der Waals surface area contributed by atoms with Gasteiger partial charge in [0, 0.05) is 11.1 Å². The summed E-state index contributed by atoms with van der Waals surface area (Å²) in [6, 6.07) is 0. The molecule has 0 atom stereocenters. The van der Waals surface area contributed by atoms with E-state index in [2.05, 4.69) is 29.1 Å². The fraction of sp³-hybridized carbons (Fsp3) is 0.400. The zero-order chi connectivity index (χ0) is 20.6. The molecule has 3 rings (SSSR count). The number of nitrogens with one attached hydrogen (secondary N) is 1. The summed E-state index contributed by atoms with van der Waals surface area (Å²) in [7, 11) is 1.35. The molecular weight excluding hydrogens is 394 g/mol. The number of anilines is 1. The molecule has 3 heterocycles. The molecule has 0 unspecified atom stereocenters. The monoisotopic (exact) mass is 417 g/mol. The summed E-state index contributed by atoms with van der Waals surface area (Å²) in [6.45, 7) is 9.84. The molecule has 0 aliphatic heterocycles. The third-order valence-electron chi connectivity index (χ3n) is 4.40. The van der Waals surface area contributed by atoms with E-state index >= 15 is 0 Å². The number of carbonyl (C=O) groups is 2. The van der Waals surface area contributed by atoms with Crippen LogP contribution < -0.4 is 5.32 Å². The second-order valence-corrected chi connectivity index (χ2v) is 8.98. The van der Waals surface area contributed by atoms with E-state index in [9.17, 15) is 9.59 Å². The number of fused-ring (bicyclic) bond motifs is 1. The normalized spacial score (nSPS) is 11.2. The largest absolute Gasteiger partial charge is 0.465 e. The van der Waals surface area contributed by atoms with Gasteiger partial charge in [0.1, 0.15) is 15.7 Å². The first-order valence-electron chi connectivity index (χ1n) is 8.97. The van der Waals surface area contributed by atoms with E-state index in [4.69, 9.17) is 4.74 Å². The van der Waals surface area contributed by atoms with Gasteiger partial charge in [0.05, 0.1) is 17.6 Å². The Morgan fingerprint density at radius 1 is 1.21 bits per heavy atom. The molecule has 0 fully saturated rings. The number of amides is 1. The van der Waals surface area contributed by atoms with E-state index in [1.165, 1.54) is 29.8 Å². The maximum Gasteiger partial charge on any atom is 0.341 e. The number of ether oxygens (including phenoxy) is 1. The highest BCUT2D eigenvalue weighted by molar-refractivity contribution is 7.21. The fourth-order valence-corrected chi connectivity index (χ4v) is 5.38. The molecule has 0 saturated carbocycles. The maximum absolute atomic E-state index is 13.0. The maximum atomic E-state index is 13.0. The second kappa shape index (κ2) is 7.97. The Morgan fingerprint density at radius 3 is 2.57 bits per heavy atom. The molecule has 6 nitrogen and oxygen atoms in total. The average molecular weight is 418 g/mol. The number of carbonyl (C=O) groups excluding carboxylic acids is 2. The minimum atomic E-state index is -0.433. The number of methoxy groups -OCH3 is 1. The molecule has 1 amide bonds. The first-order chi connectivity index (χ1) is 13.2. The standard InChI is InChI=1S/C20H23N3O3S2/c1-9(2)7-13-8-27-18(15(13)20(25)26-6)23-17(24)16-10(3)14-11(4)21-12(5)22-19(14)28-16/h8-9H,7H2,1-6H3,(H,23,24). The van der Waals surface area contributed by atoms with E-state index in [0.29, 0.717) is 27.2 Å². The van der Waals surface area contributed by atoms with Gasteiger partial charge in [0.2, 0.25) is 0 Å². The smallest absolute Gasteiger partial charge is 0.341 e. The Hall–Kier alpha value is -2.32. The summed E-state index contributed by atoms with van der Waals surface area (Å²) in [5.41, 5.74) is 3.06. The number of rotatable bonds is 5. The highest BCUT2D eigenvalue weighted by Gasteiger charge is 2.24. The van der Waals surface area contributed by atoms with Crippen LogP contribution in [0, 0.1) is 26.7 Å². The first-order valence-corrected chi connectivity index (χ1v) is 10.7. The Labute approximate surface area is 172 Å². The van der Waals surface area contributed by atoms with Crippen LogP contribution in [0.4, 0.5) is 5.00 Å². The van der Waals surface area contributed by atoms with Crippen molar-refractivity contribution in [1.29, 1.82) is 0 Å². The van der Waals surface area contributed by atoms with Crippen molar-refractivity contribution in [2.75, 3.05) is 12.4 Å². The number of hydrogen-bond acceptors (Lipinski definition) is 7. The number of hydrogen-bond donors (Lipinski definition) is 1. The van der Waals surface area contributed by atoms with Crippen LogP contribution in [0.1, 0.15) is 56.5 Å². The number of nitrogens with zero attached hydrogens (tertiary/aromatic N) is 2. The van der Waals surface area contributed by atoms with E-state index < -0.39 is 5.97 Å². The van der Waals surface area contributed by atoms with E-state index in [1.807, 2.05) is 26.2 Å². The highest BCUT2D eigenvalue weighted by atomic mass is 32.1. The predicted molar refractivity (Wildman–Crippen MR) is 114 cm³/mol. The van der Waals surface area contributed by atoms with Crippen LogP contribution in [-0.2, 0) is 11.2 Å². The molecule has 28 heavy (non-hydrogen) atoms. The van der Waals surface area contributed by atoms with E-state index in [-0.39, 0.29) is 5.91 Å². The summed E-state index contributed by atoms with van der Waals surface area (Å²) >= 11 is 2.69. The third kappa shape index (κ3) is 3.79. The Morgan fingerprint density at radius 2 is 1.93 bits per heavy atom. The van der Waals surface area contributed by atoms with Crippen LogP contribution >= 0.6 is 22.7 Å². The molecule has 8 heteroatoms. The van der Waals surface area contributed by atoms with Crippen LogP contribution in [-0.4, -0.2) is 29.0 Å². The molecule has 3 aromatic heterocycles. The molecule has 0 spiro atoms. The Bertz CT molecular complexity index is 1070. The molecule has 0 aromatic carbocycles. The summed E-state index contributed by atoms with van der Waals surface area (Å²) < 4.78 is 4.95. The quantitative estimate of drug-likeness (QED) is 0.596. The van der Waals surface area contributed by atoms with Crippen molar-refractivity contribution in [2.45, 2.75) is 41.0 Å². The lowest BCUT2D eigenvalue weighted by atomic mass is 10.0. The van der Waals surface area contributed by atoms with Crippen LogP contribution in [0.3, 0.4) is 0 Å². The van der Waals surface area contributed by atoms with Crippen LogP contribution in [0.15, 0.2) is 5.38 Å². The SMILES string of the molecule is COC(=O)c1c(CC(C)C)csc1NC(=O)c1sc2nc(C)nc(C)c2c1C. The Balaban J connectivity index is 1.99. The van der Waals surface area contributed by atoms with Crippen LogP contribution in [0.25, 0.3) is 10.2 Å². The van der Waals surface area contributed by atoms with Crippen molar-refractivity contribution in [1.82, 2.24) is 9.97 Å². The zero-order valence-electron chi connectivity index (χ0n) is 16.8. The van der Waals surface area contributed by atoms with Crippen LogP contribution in [0.5, 0.6) is 0 Å². The predicted octanol–water partition coefficient (Wildman–Crippen LogP) is 4.92. The first kappa shape index (κ1) is 20.4. The van der Waals surface area contributed by atoms with Gasteiger partial charge in [-0.1, -0.05) is 13.8 Å². The fourth-order valence-electron chi connectivity index (χ4n) is 3.25. The average Bonchev–Trinajstić information content (AvgIpc) is 3.14. The van der Waals surface area contributed by atoms with Crippen LogP contribution in [0.2, 0.25) is 0 Å². The van der Waals surface area contributed by atoms with Gasteiger partial charge in [-0.2, -0.15) is 0 Å². The lowest BCUT2D eigenvalue weighted by Gasteiger charge is -2.08. The van der Waals surface area contributed by atoms with Gasteiger partial charge < -0.3 is 10.1 Å². The Kier molecular flexibility index (Phi) is 5.81. The molecule has 1 N–H and O–H groups in total. The van der Waals surface area contributed by atoms with Crippen molar-refractivity contribution in [3.05, 3.63) is 38.5 Å². The minimum absolute atomic E-state index is 0.249. The molecule has 148 valence electrons. The summed E-state index contributed by atoms with van der Waals surface area (Å²) in [6.07, 6.45) is 0.743. The van der Waals surface area contributed by atoms with Gasteiger partial charge in [-0.3, -0.25) is 4.79 Å². The van der Waals surface area contributed by atoms with Gasteiger partial charge >= 0.3 is 5.97 Å². The third-order valence-corrected chi connectivity index (χ3v) is 6.53. The van der Waals surface area contributed by atoms with Gasteiger partial charge in [0.15, 0.2) is 0 Å². The number of thiophene rings is 2. The summed E-state index contributed by atoms with van der Waals surface area (Å²) in [5.74, 6) is 0.386. The van der Waals surface area contributed by atoms with Gasteiger partial charge in [-0.25, -0.2) is 14.8 Å². The number of esters is 1. The van der Waals surface area contributed by atoms with Crippen molar-refractivity contribution in [2.24, 2.45) is 5.92 Å². The van der Waals surface area contributed by atoms with Crippen molar-refractivity contribution in [3.8, 4) is 0 Å². The van der Waals surface area contributed by atoms with Crippen molar-refractivity contribution >= 4 is 49.8 Å². The van der Waals surface area contributed by atoms with E-state index in [1.54, 1.807) is 0 Å². The summed E-state index contributed by atoms with van der Waals surface area (Å²) in [4.78, 5) is 35.6. The molecule has 0 bridgehead atoms. The zero-order valence-corrected chi connectivity index (χ0v) is 18.4. The number of aromatic nitrogens is 2. The topological polar surface area (TPSA) is 81.2 Å². The van der Waals surface area contributed by atoms with Crippen molar-refractivity contribution in [3.63, 3.8) is 0 Å². The number of aryl methyl sites for hydroxylation is 3. The molecule has 0 saturated heterocycles. The summed E-state index contributed by atoms with van der Waals surface area (Å²) in [5, 5.41) is 6.26. The molecule has 0 aliphatic carbocycles. The lowest BCUT2D eigenvalue weighted by molar-refractivity contribution is 0.0601. The van der Waals surface area contributed by atoms with Crippen molar-refractivity contribution < 1.29 is 14.3 Å². The molecule has 3 aromatic rings. The van der Waals surface area contributed by atoms with Gasteiger partial charge in [-0.05, 0) is 49.6 Å². The van der Waals surface area contributed by atoms with Gasteiger partial charge in [-0.15, -0.1) is 22.7 Å². The second-order valence-electron chi connectivity index (χ2n) is 7.10. The van der Waals surface area contributed by atoms with Gasteiger partial charge in [0.25, 0.3) is 5.91 Å². The molecule has 0 radical (unpaired) electrons. The minimum Gasteiger partial charge on any atom is -0.465 e. The van der Waals surface area contributed by atoms with E-state index in [0.717, 1.165) is 33.5 Å². The lowest BCUT2D eigenvalue weighted by Crippen LogP contribution is -2.14. The molecule has 0 aliphatic rings.